The van der Waals surface area contributed by atoms with Gasteiger partial charge in [-0.05, 0) is 44.4 Å². The number of ether oxygens (including phenoxy) is 1. The standard InChI is InChI=1S/C15H20N4O2/c1-9-5-6-10(2)14(11(9)3)21-7-13(20)18-12(4)15-16-8-17-19-15/h5-6,8,12H,7H2,1-4H3,(H,18,20)(H,16,17,19)/t12-/m1/s1. The number of rotatable bonds is 5. The van der Waals surface area contributed by atoms with Gasteiger partial charge < -0.3 is 10.1 Å². The lowest BCUT2D eigenvalue weighted by molar-refractivity contribution is -0.123. The Morgan fingerprint density at radius 3 is 2.71 bits per heavy atom. The number of aromatic amines is 1. The zero-order valence-electron chi connectivity index (χ0n) is 12.7. The monoisotopic (exact) mass is 288 g/mol. The summed E-state index contributed by atoms with van der Waals surface area (Å²) < 4.78 is 5.67. The first-order valence-corrected chi connectivity index (χ1v) is 6.83. The first-order chi connectivity index (χ1) is 9.99. The van der Waals surface area contributed by atoms with E-state index >= 15 is 0 Å². The van der Waals surface area contributed by atoms with Crippen LogP contribution in [0.2, 0.25) is 0 Å². The van der Waals surface area contributed by atoms with Gasteiger partial charge in [0.1, 0.15) is 17.9 Å². The number of aromatic nitrogens is 3. The lowest BCUT2D eigenvalue weighted by Crippen LogP contribution is -2.32. The third kappa shape index (κ3) is 3.59. The quantitative estimate of drug-likeness (QED) is 0.881. The van der Waals surface area contributed by atoms with Crippen molar-refractivity contribution in [1.82, 2.24) is 20.5 Å². The molecule has 6 heteroatoms. The maximum Gasteiger partial charge on any atom is 0.258 e. The maximum atomic E-state index is 11.9. The van der Waals surface area contributed by atoms with Gasteiger partial charge in [0.2, 0.25) is 0 Å². The third-order valence-electron chi connectivity index (χ3n) is 3.44. The minimum Gasteiger partial charge on any atom is -0.483 e. The molecule has 2 rings (SSSR count). The van der Waals surface area contributed by atoms with E-state index in [1.165, 1.54) is 6.33 Å². The van der Waals surface area contributed by atoms with Crippen molar-refractivity contribution < 1.29 is 9.53 Å². The zero-order valence-corrected chi connectivity index (χ0v) is 12.7. The largest absolute Gasteiger partial charge is 0.483 e. The molecular formula is C15H20N4O2. The second-order valence-corrected chi connectivity index (χ2v) is 5.10. The Balaban J connectivity index is 1.94. The van der Waals surface area contributed by atoms with Crippen LogP contribution in [0.4, 0.5) is 0 Å². The molecule has 21 heavy (non-hydrogen) atoms. The Labute approximate surface area is 123 Å². The second kappa shape index (κ2) is 6.39. The van der Waals surface area contributed by atoms with Gasteiger partial charge in [-0.3, -0.25) is 9.89 Å². The summed E-state index contributed by atoms with van der Waals surface area (Å²) in [6.07, 6.45) is 1.41. The smallest absolute Gasteiger partial charge is 0.258 e. The van der Waals surface area contributed by atoms with Crippen LogP contribution < -0.4 is 10.1 Å². The molecule has 0 radical (unpaired) electrons. The molecule has 1 amide bonds. The van der Waals surface area contributed by atoms with Crippen molar-refractivity contribution in [2.24, 2.45) is 0 Å². The van der Waals surface area contributed by atoms with Crippen LogP contribution in [0.5, 0.6) is 5.75 Å². The number of hydrogen-bond acceptors (Lipinski definition) is 4. The number of amides is 1. The van der Waals surface area contributed by atoms with Gasteiger partial charge in [-0.15, -0.1) is 0 Å². The number of benzene rings is 1. The van der Waals surface area contributed by atoms with Crippen molar-refractivity contribution >= 4 is 5.91 Å². The molecule has 1 atom stereocenters. The van der Waals surface area contributed by atoms with Crippen LogP contribution in [-0.4, -0.2) is 27.7 Å². The normalized spacial score (nSPS) is 12.0. The Bertz CT molecular complexity index is 623. The van der Waals surface area contributed by atoms with Gasteiger partial charge in [-0.2, -0.15) is 5.10 Å². The van der Waals surface area contributed by atoms with Crippen molar-refractivity contribution in [3.8, 4) is 5.75 Å². The van der Waals surface area contributed by atoms with E-state index in [0.29, 0.717) is 5.82 Å². The van der Waals surface area contributed by atoms with E-state index in [-0.39, 0.29) is 18.6 Å². The van der Waals surface area contributed by atoms with Gasteiger partial charge in [-0.25, -0.2) is 4.98 Å². The van der Waals surface area contributed by atoms with E-state index in [1.807, 2.05) is 39.8 Å². The summed E-state index contributed by atoms with van der Waals surface area (Å²) in [7, 11) is 0. The first kappa shape index (κ1) is 15.0. The Morgan fingerprint density at radius 2 is 2.05 bits per heavy atom. The van der Waals surface area contributed by atoms with Crippen LogP contribution >= 0.6 is 0 Å². The molecule has 0 spiro atoms. The molecule has 6 nitrogen and oxygen atoms in total. The molecule has 1 heterocycles. The zero-order chi connectivity index (χ0) is 15.4. The fraction of sp³-hybridized carbons (Fsp3) is 0.400. The van der Waals surface area contributed by atoms with Crippen LogP contribution in [0.15, 0.2) is 18.5 Å². The van der Waals surface area contributed by atoms with Crippen LogP contribution in [0.3, 0.4) is 0 Å². The van der Waals surface area contributed by atoms with Crippen molar-refractivity contribution in [2.75, 3.05) is 6.61 Å². The number of H-pyrrole nitrogens is 1. The predicted molar refractivity (Wildman–Crippen MR) is 79.1 cm³/mol. The van der Waals surface area contributed by atoms with E-state index in [1.54, 1.807) is 0 Å². The lowest BCUT2D eigenvalue weighted by atomic mass is 10.1. The van der Waals surface area contributed by atoms with Gasteiger partial charge in [-0.1, -0.05) is 12.1 Å². The summed E-state index contributed by atoms with van der Waals surface area (Å²) in [5.74, 6) is 1.20. The molecule has 0 bridgehead atoms. The number of carbonyl (C=O) groups excluding carboxylic acids is 1. The minimum atomic E-state index is -0.233. The molecule has 0 saturated heterocycles. The molecule has 1 aromatic carbocycles. The highest BCUT2D eigenvalue weighted by atomic mass is 16.5. The average Bonchev–Trinajstić information content (AvgIpc) is 2.97. The number of carbonyl (C=O) groups is 1. The molecule has 1 aromatic heterocycles. The van der Waals surface area contributed by atoms with Gasteiger partial charge in [0, 0.05) is 0 Å². The molecule has 112 valence electrons. The topological polar surface area (TPSA) is 79.9 Å². The van der Waals surface area contributed by atoms with Crippen molar-refractivity contribution in [1.29, 1.82) is 0 Å². The van der Waals surface area contributed by atoms with E-state index in [2.05, 4.69) is 20.5 Å². The molecule has 2 N–H and O–H groups in total. The van der Waals surface area contributed by atoms with Crippen LogP contribution in [0.25, 0.3) is 0 Å². The van der Waals surface area contributed by atoms with Gasteiger partial charge in [0.05, 0.1) is 6.04 Å². The fourth-order valence-corrected chi connectivity index (χ4v) is 2.06. The number of nitrogens with one attached hydrogen (secondary N) is 2. The number of hydrogen-bond donors (Lipinski definition) is 2. The summed E-state index contributed by atoms with van der Waals surface area (Å²) in [6.45, 7) is 7.79. The van der Waals surface area contributed by atoms with E-state index < -0.39 is 0 Å². The van der Waals surface area contributed by atoms with Crippen molar-refractivity contribution in [3.05, 3.63) is 41.0 Å². The highest BCUT2D eigenvalue weighted by Crippen LogP contribution is 2.25. The van der Waals surface area contributed by atoms with Crippen molar-refractivity contribution in [2.45, 2.75) is 33.7 Å². The highest BCUT2D eigenvalue weighted by molar-refractivity contribution is 5.78. The summed E-state index contributed by atoms with van der Waals surface area (Å²) in [6, 6.07) is 3.80. The van der Waals surface area contributed by atoms with E-state index in [0.717, 1.165) is 22.4 Å². The van der Waals surface area contributed by atoms with Gasteiger partial charge >= 0.3 is 0 Å². The summed E-state index contributed by atoms with van der Waals surface area (Å²) in [5.41, 5.74) is 3.23. The molecule has 0 aliphatic rings. The molecular weight excluding hydrogens is 268 g/mol. The number of nitrogens with zero attached hydrogens (tertiary/aromatic N) is 2. The Morgan fingerprint density at radius 1 is 1.33 bits per heavy atom. The molecule has 0 saturated carbocycles. The minimum absolute atomic E-state index is 0.0242. The van der Waals surface area contributed by atoms with E-state index in [9.17, 15) is 4.79 Å². The lowest BCUT2D eigenvalue weighted by Gasteiger charge is -2.15. The summed E-state index contributed by atoms with van der Waals surface area (Å²) in [4.78, 5) is 15.9. The summed E-state index contributed by atoms with van der Waals surface area (Å²) in [5, 5.41) is 9.29. The van der Waals surface area contributed by atoms with Crippen molar-refractivity contribution in [3.63, 3.8) is 0 Å². The molecule has 0 aliphatic heterocycles. The van der Waals surface area contributed by atoms with Crippen LogP contribution in [-0.2, 0) is 4.79 Å². The maximum absolute atomic E-state index is 11.9. The third-order valence-corrected chi connectivity index (χ3v) is 3.44. The Kier molecular flexibility index (Phi) is 4.57. The van der Waals surface area contributed by atoms with Crippen LogP contribution in [0.1, 0.15) is 35.5 Å². The van der Waals surface area contributed by atoms with Gasteiger partial charge in [0.15, 0.2) is 6.61 Å². The Hall–Kier alpha value is -2.37. The number of aryl methyl sites for hydroxylation is 2. The second-order valence-electron chi connectivity index (χ2n) is 5.10. The molecule has 2 aromatic rings. The highest BCUT2D eigenvalue weighted by Gasteiger charge is 2.13. The van der Waals surface area contributed by atoms with Gasteiger partial charge in [0.25, 0.3) is 5.91 Å². The SMILES string of the molecule is Cc1ccc(C)c(OCC(=O)N[C@H](C)c2ncn[nH]2)c1C. The molecule has 0 aliphatic carbocycles. The average molecular weight is 288 g/mol. The predicted octanol–water partition coefficient (Wildman–Crippen LogP) is 1.99. The van der Waals surface area contributed by atoms with E-state index in [4.69, 9.17) is 4.74 Å². The molecule has 0 unspecified atom stereocenters. The summed E-state index contributed by atoms with van der Waals surface area (Å²) >= 11 is 0. The fourth-order valence-electron chi connectivity index (χ4n) is 2.06. The molecule has 0 fully saturated rings. The first-order valence-electron chi connectivity index (χ1n) is 6.83. The van der Waals surface area contributed by atoms with Crippen LogP contribution in [0, 0.1) is 20.8 Å².